The lowest BCUT2D eigenvalue weighted by Gasteiger charge is -2.18. The minimum absolute atomic E-state index is 0.205. The van der Waals surface area contributed by atoms with Gasteiger partial charge < -0.3 is 5.73 Å². The van der Waals surface area contributed by atoms with Gasteiger partial charge in [-0.3, -0.25) is 25.8 Å². The summed E-state index contributed by atoms with van der Waals surface area (Å²) in [5.74, 6) is 0. The molecule has 3 heterocycles. The Kier molecular flexibility index (Phi) is 8.76. The third kappa shape index (κ3) is 6.84. The Labute approximate surface area is 285 Å². The Morgan fingerprint density at radius 1 is 0.469 bits per heavy atom. The maximum atomic E-state index is 8.54. The number of pyridine rings is 3. The highest BCUT2D eigenvalue weighted by atomic mass is 14.6. The molecule has 3 aromatic heterocycles. The van der Waals surface area contributed by atoms with E-state index in [9.17, 15) is 0 Å². The van der Waals surface area contributed by atoms with Crippen molar-refractivity contribution in [3.8, 4) is 33.4 Å². The number of nitrogens with zero attached hydrogens (tertiary/aromatic N) is 3. The Balaban J connectivity index is 0.000000186. The first-order valence-electron chi connectivity index (χ1n) is 15.8. The van der Waals surface area contributed by atoms with Gasteiger partial charge >= 0.3 is 0 Å². The lowest BCUT2D eigenvalue weighted by atomic mass is 9.87. The van der Waals surface area contributed by atoms with E-state index in [-0.39, 0.29) is 11.4 Å². The predicted octanol–water partition coefficient (Wildman–Crippen LogP) is 9.81. The number of anilines is 1. The van der Waals surface area contributed by atoms with Crippen LogP contribution < -0.4 is 5.73 Å². The van der Waals surface area contributed by atoms with Crippen LogP contribution in [0.1, 0.15) is 11.1 Å². The lowest BCUT2D eigenvalue weighted by molar-refractivity contribution is 1.33. The maximum Gasteiger partial charge on any atom is 0.0867 e. The number of hydrogen-bond donors (Lipinski definition) is 3. The average Bonchev–Trinajstić information content (AvgIpc) is 3.17. The third-order valence-corrected chi connectivity index (χ3v) is 8.39. The van der Waals surface area contributed by atoms with Gasteiger partial charge in [0.15, 0.2) is 0 Å². The summed E-state index contributed by atoms with van der Waals surface area (Å²) in [5.41, 5.74) is 16.9. The zero-order chi connectivity index (χ0) is 33.6. The third-order valence-electron chi connectivity index (χ3n) is 8.39. The molecule has 0 spiro atoms. The summed E-state index contributed by atoms with van der Waals surface area (Å²) in [5, 5.41) is 19.3. The molecule has 0 unspecified atom stereocenters. The number of fused-ring (bicyclic) bond motifs is 1. The molecule has 8 rings (SSSR count). The minimum atomic E-state index is 0.205. The Bertz CT molecular complexity index is 2350. The van der Waals surface area contributed by atoms with Gasteiger partial charge in [0.1, 0.15) is 0 Å². The van der Waals surface area contributed by atoms with Gasteiger partial charge in [-0.25, -0.2) is 0 Å². The van der Waals surface area contributed by atoms with Crippen molar-refractivity contribution >= 4 is 39.0 Å². The zero-order valence-electron chi connectivity index (χ0n) is 26.6. The van der Waals surface area contributed by atoms with E-state index in [2.05, 4.69) is 45.3 Å². The summed E-state index contributed by atoms with van der Waals surface area (Å²) in [6.45, 7) is 0. The normalized spacial score (nSPS) is 12.5. The number of allylic oxidation sites excluding steroid dienone is 4. The maximum absolute atomic E-state index is 8.54. The molecule has 4 aromatic carbocycles. The molecule has 0 saturated heterocycles. The summed E-state index contributed by atoms with van der Waals surface area (Å²) in [6, 6.07) is 40.3. The van der Waals surface area contributed by atoms with Crippen LogP contribution in [0, 0.1) is 10.8 Å². The molecule has 0 aliphatic heterocycles. The number of aromatic nitrogens is 3. The van der Waals surface area contributed by atoms with Crippen molar-refractivity contribution in [2.75, 3.05) is 5.73 Å². The molecule has 0 amide bonds. The number of nitrogens with two attached hydrogens (primary N) is 1. The quantitative estimate of drug-likeness (QED) is 0.129. The molecule has 6 heteroatoms. The van der Waals surface area contributed by atoms with Gasteiger partial charge in [0.05, 0.1) is 11.4 Å². The molecule has 0 fully saturated rings. The van der Waals surface area contributed by atoms with Crippen LogP contribution in [0.2, 0.25) is 0 Å². The fraction of sp³-hybridized carbons (Fsp3) is 0. The molecule has 7 aromatic rings. The highest BCUT2D eigenvalue weighted by molar-refractivity contribution is 6.61. The summed E-state index contributed by atoms with van der Waals surface area (Å²) in [6.07, 6.45) is 14.7. The second-order valence-corrected chi connectivity index (χ2v) is 11.6. The first-order chi connectivity index (χ1) is 24.0. The van der Waals surface area contributed by atoms with Crippen LogP contribution in [0.15, 0.2) is 171 Å². The topological polar surface area (TPSA) is 112 Å². The van der Waals surface area contributed by atoms with E-state index >= 15 is 0 Å². The largest absolute Gasteiger partial charge is 0.399 e. The highest BCUT2D eigenvalue weighted by Gasteiger charge is 2.19. The lowest BCUT2D eigenvalue weighted by Crippen LogP contribution is -2.15. The van der Waals surface area contributed by atoms with Crippen molar-refractivity contribution in [1.29, 1.82) is 10.8 Å². The Hall–Kier alpha value is -6.79. The smallest absolute Gasteiger partial charge is 0.0867 e. The summed E-state index contributed by atoms with van der Waals surface area (Å²) in [4.78, 5) is 12.7. The number of nitrogen functional groups attached to an aromatic ring is 1. The zero-order valence-corrected chi connectivity index (χ0v) is 26.6. The molecule has 0 saturated carbocycles. The van der Waals surface area contributed by atoms with Crippen molar-refractivity contribution in [3.05, 3.63) is 182 Å². The Morgan fingerprint density at radius 2 is 1.08 bits per heavy atom. The molecular weight excluding hydrogens is 601 g/mol. The number of rotatable bonds is 5. The molecule has 4 N–H and O–H groups in total. The number of nitrogens with one attached hydrogen (secondary N) is 2. The van der Waals surface area contributed by atoms with Crippen LogP contribution in [-0.2, 0) is 0 Å². The van der Waals surface area contributed by atoms with Crippen LogP contribution in [0.3, 0.4) is 0 Å². The van der Waals surface area contributed by atoms with Crippen LogP contribution in [-0.4, -0.2) is 26.4 Å². The van der Waals surface area contributed by atoms with Crippen molar-refractivity contribution in [3.63, 3.8) is 0 Å². The van der Waals surface area contributed by atoms with Crippen molar-refractivity contribution in [2.24, 2.45) is 0 Å². The molecule has 1 aliphatic rings. The van der Waals surface area contributed by atoms with Crippen LogP contribution in [0.5, 0.6) is 0 Å². The van der Waals surface area contributed by atoms with Gasteiger partial charge in [-0.1, -0.05) is 84.9 Å². The number of benzene rings is 4. The standard InChI is InChI=1S/C28H20N4.C15H12N2/c29-27-16-25(21-7-1-5-19(13-21)23-9-3-11-31-17-23)15-26(28(27)30)22-8-2-6-20(14-22)24-10-4-12-32-18-24;16-13-7-5-11(6-8-13)15-10-17-9-12-3-1-2-4-14(12)15/h1-18,29-30H;1-10H,16H2. The van der Waals surface area contributed by atoms with Gasteiger partial charge in [-0.2, -0.15) is 0 Å². The first-order valence-corrected chi connectivity index (χ1v) is 15.8. The summed E-state index contributed by atoms with van der Waals surface area (Å²) in [7, 11) is 0. The molecule has 0 radical (unpaired) electrons. The fourth-order valence-electron chi connectivity index (χ4n) is 5.86. The van der Waals surface area contributed by atoms with Crippen LogP contribution in [0.25, 0.3) is 55.3 Å². The van der Waals surface area contributed by atoms with Crippen LogP contribution in [0.4, 0.5) is 5.69 Å². The second-order valence-electron chi connectivity index (χ2n) is 11.6. The highest BCUT2D eigenvalue weighted by Crippen LogP contribution is 2.32. The van der Waals surface area contributed by atoms with Gasteiger partial charge in [-0.15, -0.1) is 0 Å². The van der Waals surface area contributed by atoms with E-state index in [1.807, 2.05) is 122 Å². The van der Waals surface area contributed by atoms with Gasteiger partial charge in [0.25, 0.3) is 0 Å². The molecular formula is C43H32N6. The van der Waals surface area contributed by atoms with Crippen LogP contribution >= 0.6 is 0 Å². The summed E-state index contributed by atoms with van der Waals surface area (Å²) >= 11 is 0. The first kappa shape index (κ1) is 30.8. The van der Waals surface area contributed by atoms with E-state index in [0.717, 1.165) is 66.7 Å². The molecule has 6 nitrogen and oxygen atoms in total. The SMILES string of the molecule is N=C1C=C(c2cccc(-c3cccnc3)c2)C=C(c2cccc(-c3cccnc3)c2)C1=N.Nc1ccc(-c2cncc3ccccc23)cc1. The van der Waals surface area contributed by atoms with E-state index in [4.69, 9.17) is 16.6 Å². The molecule has 234 valence electrons. The van der Waals surface area contributed by atoms with Crippen molar-refractivity contribution in [1.82, 2.24) is 15.0 Å². The van der Waals surface area contributed by atoms with E-state index in [0.29, 0.717) is 0 Å². The average molecular weight is 633 g/mol. The second kappa shape index (κ2) is 13.9. The minimum Gasteiger partial charge on any atom is -0.399 e. The van der Waals surface area contributed by atoms with Gasteiger partial charge in [0.2, 0.25) is 0 Å². The fourth-order valence-corrected chi connectivity index (χ4v) is 5.86. The van der Waals surface area contributed by atoms with Crippen molar-refractivity contribution in [2.45, 2.75) is 0 Å². The van der Waals surface area contributed by atoms with Gasteiger partial charge in [-0.05, 0) is 87.3 Å². The molecule has 49 heavy (non-hydrogen) atoms. The molecule has 1 aliphatic carbocycles. The Morgan fingerprint density at radius 3 is 1.76 bits per heavy atom. The monoisotopic (exact) mass is 632 g/mol. The summed E-state index contributed by atoms with van der Waals surface area (Å²) < 4.78 is 0. The molecule has 0 atom stereocenters. The van der Waals surface area contributed by atoms with E-state index in [1.54, 1.807) is 18.5 Å². The van der Waals surface area contributed by atoms with E-state index < -0.39 is 0 Å². The number of hydrogen-bond acceptors (Lipinski definition) is 6. The van der Waals surface area contributed by atoms with Gasteiger partial charge in [0, 0.05) is 70.5 Å². The van der Waals surface area contributed by atoms with Crippen molar-refractivity contribution < 1.29 is 0 Å². The van der Waals surface area contributed by atoms with E-state index in [1.165, 1.54) is 5.39 Å². The molecule has 0 bridgehead atoms. The predicted molar refractivity (Wildman–Crippen MR) is 202 cm³/mol.